The topological polar surface area (TPSA) is 40.5 Å². The Hall–Kier alpha value is -1.64. The van der Waals surface area contributed by atoms with Gasteiger partial charge in [0.1, 0.15) is 0 Å². The fourth-order valence-corrected chi connectivity index (χ4v) is 2.30. The maximum atomic E-state index is 10.0. The highest BCUT2D eigenvalue weighted by Crippen LogP contribution is 2.12. The number of benzene rings is 2. The maximum Gasteiger partial charge on any atom is 0.0802 e. The first kappa shape index (κ1) is 14.8. The summed E-state index contributed by atoms with van der Waals surface area (Å²) in [6.45, 7) is 0. The van der Waals surface area contributed by atoms with Crippen molar-refractivity contribution in [3.05, 3.63) is 71.8 Å². The predicted molar refractivity (Wildman–Crippen MR) is 81.5 cm³/mol. The molecule has 0 bridgehead atoms. The Morgan fingerprint density at radius 2 is 0.950 bits per heavy atom. The molecule has 0 amide bonds. The third-order valence-electron chi connectivity index (χ3n) is 3.59. The zero-order valence-corrected chi connectivity index (χ0v) is 11.7. The molecule has 2 aromatic carbocycles. The molecule has 0 aliphatic heterocycles. The number of hydrogen-bond donors (Lipinski definition) is 2. The van der Waals surface area contributed by atoms with Crippen LogP contribution in [0.5, 0.6) is 0 Å². The second-order valence-corrected chi connectivity index (χ2v) is 5.18. The monoisotopic (exact) mass is 270 g/mol. The molecule has 20 heavy (non-hydrogen) atoms. The molecule has 0 saturated carbocycles. The van der Waals surface area contributed by atoms with E-state index in [1.807, 2.05) is 60.7 Å². The molecule has 0 aliphatic carbocycles. The highest BCUT2D eigenvalue weighted by molar-refractivity contribution is 5.15. The lowest BCUT2D eigenvalue weighted by molar-refractivity contribution is 0.0104. The van der Waals surface area contributed by atoms with Crippen molar-refractivity contribution < 1.29 is 10.2 Å². The van der Waals surface area contributed by atoms with Crippen LogP contribution in [0.25, 0.3) is 0 Å². The van der Waals surface area contributed by atoms with Crippen LogP contribution in [0.4, 0.5) is 0 Å². The summed E-state index contributed by atoms with van der Waals surface area (Å²) in [6, 6.07) is 20.1. The molecule has 0 saturated heterocycles. The Kier molecular flexibility index (Phi) is 5.78. The fraction of sp³-hybridized carbons (Fsp3) is 0.333. The van der Waals surface area contributed by atoms with Crippen molar-refractivity contribution in [2.24, 2.45) is 0 Å². The summed E-state index contributed by atoms with van der Waals surface area (Å²) >= 11 is 0. The minimum atomic E-state index is -0.654. The van der Waals surface area contributed by atoms with Crippen LogP contribution in [0.3, 0.4) is 0 Å². The summed E-state index contributed by atoms with van der Waals surface area (Å²) in [7, 11) is 0. The van der Waals surface area contributed by atoms with Crippen LogP contribution in [0.2, 0.25) is 0 Å². The molecule has 2 heteroatoms. The van der Waals surface area contributed by atoms with Crippen LogP contribution < -0.4 is 0 Å². The van der Waals surface area contributed by atoms with Crippen molar-refractivity contribution in [1.29, 1.82) is 0 Å². The third kappa shape index (κ3) is 4.80. The van der Waals surface area contributed by atoms with Gasteiger partial charge in [0.25, 0.3) is 0 Å². The van der Waals surface area contributed by atoms with Crippen LogP contribution >= 0.6 is 0 Å². The molecule has 2 N–H and O–H groups in total. The smallest absolute Gasteiger partial charge is 0.0802 e. The summed E-state index contributed by atoms with van der Waals surface area (Å²) in [6.07, 6.45) is 1.48. The van der Waals surface area contributed by atoms with E-state index in [1.165, 1.54) is 11.1 Å². The number of hydrogen-bond acceptors (Lipinski definition) is 2. The lowest BCUT2D eigenvalue weighted by atomic mass is 9.99. The molecule has 0 heterocycles. The van der Waals surface area contributed by atoms with Crippen LogP contribution in [-0.2, 0) is 12.8 Å². The second-order valence-electron chi connectivity index (χ2n) is 5.18. The minimum absolute atomic E-state index is 0.597. The molecule has 2 atom stereocenters. The molecule has 2 nitrogen and oxygen atoms in total. The molecule has 0 unspecified atom stereocenters. The van der Waals surface area contributed by atoms with E-state index >= 15 is 0 Å². The first-order valence-electron chi connectivity index (χ1n) is 7.19. The third-order valence-corrected chi connectivity index (χ3v) is 3.59. The van der Waals surface area contributed by atoms with Gasteiger partial charge >= 0.3 is 0 Å². The summed E-state index contributed by atoms with van der Waals surface area (Å²) in [5.74, 6) is 0. The van der Waals surface area contributed by atoms with E-state index in [1.54, 1.807) is 0 Å². The summed E-state index contributed by atoms with van der Waals surface area (Å²) in [4.78, 5) is 0. The van der Waals surface area contributed by atoms with Gasteiger partial charge in [-0.25, -0.2) is 0 Å². The largest absolute Gasteiger partial charge is 0.390 e. The van der Waals surface area contributed by atoms with Gasteiger partial charge in [-0.1, -0.05) is 60.7 Å². The van der Waals surface area contributed by atoms with E-state index in [9.17, 15) is 10.2 Å². The lowest BCUT2D eigenvalue weighted by Crippen LogP contribution is -2.26. The maximum absolute atomic E-state index is 10.0. The lowest BCUT2D eigenvalue weighted by Gasteiger charge is -2.17. The number of aliphatic hydroxyl groups is 2. The van der Waals surface area contributed by atoms with E-state index in [2.05, 4.69) is 0 Å². The van der Waals surface area contributed by atoms with Crippen LogP contribution in [0.1, 0.15) is 24.0 Å². The molecular formula is C18H22O2. The van der Waals surface area contributed by atoms with Gasteiger partial charge in [-0.2, -0.15) is 0 Å². The normalized spacial score (nSPS) is 13.9. The van der Waals surface area contributed by atoms with Crippen molar-refractivity contribution >= 4 is 0 Å². The van der Waals surface area contributed by atoms with Gasteiger partial charge in [0, 0.05) is 0 Å². The van der Waals surface area contributed by atoms with E-state index in [-0.39, 0.29) is 0 Å². The van der Waals surface area contributed by atoms with Gasteiger partial charge in [-0.3, -0.25) is 0 Å². The molecule has 0 aromatic heterocycles. The Morgan fingerprint density at radius 3 is 1.30 bits per heavy atom. The standard InChI is InChI=1S/C18H22O2/c19-17(13-11-15-7-3-1-4-8-15)18(20)14-12-16-9-5-2-6-10-16/h1-10,17-20H,11-14H2/t17-,18-/m1/s1. The van der Waals surface area contributed by atoms with Crippen LogP contribution in [0.15, 0.2) is 60.7 Å². The van der Waals surface area contributed by atoms with Gasteiger partial charge in [-0.05, 0) is 36.8 Å². The van der Waals surface area contributed by atoms with Crippen molar-refractivity contribution in [2.45, 2.75) is 37.9 Å². The molecule has 0 fully saturated rings. The zero-order chi connectivity index (χ0) is 14.2. The first-order valence-corrected chi connectivity index (χ1v) is 7.19. The predicted octanol–water partition coefficient (Wildman–Crippen LogP) is 2.97. The van der Waals surface area contributed by atoms with E-state index in [4.69, 9.17) is 0 Å². The first-order chi connectivity index (χ1) is 9.75. The summed E-state index contributed by atoms with van der Waals surface area (Å²) in [5, 5.41) is 20.0. The van der Waals surface area contributed by atoms with E-state index in [0.29, 0.717) is 12.8 Å². The van der Waals surface area contributed by atoms with Crippen LogP contribution in [-0.4, -0.2) is 22.4 Å². The van der Waals surface area contributed by atoms with Gasteiger partial charge in [0.05, 0.1) is 12.2 Å². The summed E-state index contributed by atoms with van der Waals surface area (Å²) < 4.78 is 0. The quantitative estimate of drug-likeness (QED) is 0.812. The number of aliphatic hydroxyl groups excluding tert-OH is 2. The molecule has 106 valence electrons. The Labute approximate surface area is 120 Å². The molecule has 0 spiro atoms. The average Bonchev–Trinajstić information content (AvgIpc) is 2.52. The Bertz CT molecular complexity index is 434. The SMILES string of the molecule is O[C@H](CCc1ccccc1)[C@H](O)CCc1ccccc1. The zero-order valence-electron chi connectivity index (χ0n) is 11.7. The van der Waals surface area contributed by atoms with Gasteiger partial charge in [0.15, 0.2) is 0 Å². The highest BCUT2D eigenvalue weighted by Gasteiger charge is 2.15. The van der Waals surface area contributed by atoms with E-state index < -0.39 is 12.2 Å². The molecule has 2 aromatic rings. The van der Waals surface area contributed by atoms with Gasteiger partial charge in [-0.15, -0.1) is 0 Å². The molecule has 0 aliphatic rings. The number of rotatable bonds is 7. The van der Waals surface area contributed by atoms with Crippen molar-refractivity contribution in [3.63, 3.8) is 0 Å². The Balaban J connectivity index is 1.73. The fourth-order valence-electron chi connectivity index (χ4n) is 2.30. The van der Waals surface area contributed by atoms with Gasteiger partial charge in [0.2, 0.25) is 0 Å². The molecule has 2 rings (SSSR count). The highest BCUT2D eigenvalue weighted by atomic mass is 16.3. The second kappa shape index (κ2) is 7.83. The van der Waals surface area contributed by atoms with Crippen LogP contribution in [0, 0.1) is 0 Å². The van der Waals surface area contributed by atoms with Crippen molar-refractivity contribution in [2.75, 3.05) is 0 Å². The Morgan fingerprint density at radius 1 is 0.600 bits per heavy atom. The molecule has 0 radical (unpaired) electrons. The average molecular weight is 270 g/mol. The van der Waals surface area contributed by atoms with E-state index in [0.717, 1.165) is 12.8 Å². The minimum Gasteiger partial charge on any atom is -0.390 e. The number of aryl methyl sites for hydroxylation is 2. The van der Waals surface area contributed by atoms with Crippen molar-refractivity contribution in [3.8, 4) is 0 Å². The van der Waals surface area contributed by atoms with Crippen molar-refractivity contribution in [1.82, 2.24) is 0 Å². The summed E-state index contributed by atoms with van der Waals surface area (Å²) in [5.41, 5.74) is 2.39. The molecular weight excluding hydrogens is 248 g/mol. The van der Waals surface area contributed by atoms with Gasteiger partial charge < -0.3 is 10.2 Å².